The first kappa shape index (κ1) is 34.5. The van der Waals surface area contributed by atoms with E-state index in [1.54, 1.807) is 26.2 Å². The standard InChI is InChI=1S/C33H56N4O5/c1-9-22(4)29(36(6)32(40)28(34)21(2)3)26(41-7)19-27(38)37-18-16-25-20-33(25,37)30(42-8)23(5)31(39)35-17-15-24-13-11-10-12-14-24/h10-14,21-23,25-30,38H,9,15-20,34H2,1-8H3,(H,35,39)/t22?,23?,25?,26-,27?,28+,29?,30-,33?/m1/s1. The second-order valence-corrected chi connectivity index (χ2v) is 12.9. The van der Waals surface area contributed by atoms with Gasteiger partial charge in [-0.3, -0.25) is 14.5 Å². The van der Waals surface area contributed by atoms with Crippen molar-refractivity contribution in [3.05, 3.63) is 35.9 Å². The molecule has 9 heteroatoms. The predicted octanol–water partition coefficient (Wildman–Crippen LogP) is 3.04. The molecule has 1 heterocycles. The molecule has 9 atom stereocenters. The number of fused-ring (bicyclic) bond motifs is 1. The lowest BCUT2D eigenvalue weighted by Gasteiger charge is -2.43. The summed E-state index contributed by atoms with van der Waals surface area (Å²) in [7, 11) is 5.11. The molecule has 3 rings (SSSR count). The maximum atomic E-state index is 13.3. The number of carbonyl (C=O) groups excluding carboxylic acids is 2. The molecule has 1 aromatic carbocycles. The first-order chi connectivity index (χ1) is 19.9. The average Bonchev–Trinajstić information content (AvgIpc) is 3.58. The van der Waals surface area contributed by atoms with Gasteiger partial charge in [0.05, 0.1) is 35.7 Å². The number of ether oxygens (including phenoxy) is 2. The summed E-state index contributed by atoms with van der Waals surface area (Å²) in [5.74, 6) is 0.00444. The van der Waals surface area contributed by atoms with Crippen LogP contribution in [-0.2, 0) is 25.5 Å². The van der Waals surface area contributed by atoms with E-state index in [0.29, 0.717) is 18.9 Å². The van der Waals surface area contributed by atoms with Crippen LogP contribution in [0, 0.1) is 23.7 Å². The third-order valence-corrected chi connectivity index (χ3v) is 10.1. The van der Waals surface area contributed by atoms with Gasteiger partial charge in [0.1, 0.15) is 6.23 Å². The molecule has 0 radical (unpaired) electrons. The summed E-state index contributed by atoms with van der Waals surface area (Å²) < 4.78 is 12.0. The molecule has 2 amide bonds. The molecular weight excluding hydrogens is 532 g/mol. The van der Waals surface area contributed by atoms with Crippen LogP contribution in [0.15, 0.2) is 30.3 Å². The number of aliphatic hydroxyl groups excluding tert-OH is 1. The number of methoxy groups -OCH3 is 2. The van der Waals surface area contributed by atoms with Crippen molar-refractivity contribution in [2.24, 2.45) is 29.4 Å². The molecule has 0 bridgehead atoms. The number of likely N-dealkylation sites (tertiary alicyclic amines) is 1. The van der Waals surface area contributed by atoms with E-state index in [9.17, 15) is 14.7 Å². The summed E-state index contributed by atoms with van der Waals surface area (Å²) in [6, 6.07) is 9.27. The Morgan fingerprint density at radius 1 is 1.17 bits per heavy atom. The number of rotatable bonds is 17. The highest BCUT2D eigenvalue weighted by molar-refractivity contribution is 5.82. The molecule has 2 fully saturated rings. The Morgan fingerprint density at radius 2 is 1.83 bits per heavy atom. The zero-order valence-corrected chi connectivity index (χ0v) is 27.1. The van der Waals surface area contributed by atoms with Crippen molar-refractivity contribution in [3.63, 3.8) is 0 Å². The van der Waals surface area contributed by atoms with Crippen molar-refractivity contribution < 1.29 is 24.2 Å². The summed E-state index contributed by atoms with van der Waals surface area (Å²) in [6.45, 7) is 11.3. The van der Waals surface area contributed by atoms with Crippen molar-refractivity contribution in [2.45, 2.75) is 103 Å². The zero-order chi connectivity index (χ0) is 31.2. The highest BCUT2D eigenvalue weighted by atomic mass is 16.5. The van der Waals surface area contributed by atoms with Crippen LogP contribution in [-0.4, -0.2) is 97.1 Å². The molecule has 9 nitrogen and oxygen atoms in total. The number of amides is 2. The third-order valence-electron chi connectivity index (χ3n) is 10.1. The molecule has 238 valence electrons. The van der Waals surface area contributed by atoms with Gasteiger partial charge in [0.2, 0.25) is 11.8 Å². The number of carbonyl (C=O) groups is 2. The van der Waals surface area contributed by atoms with E-state index in [0.717, 1.165) is 32.2 Å². The van der Waals surface area contributed by atoms with Gasteiger partial charge in [-0.1, -0.05) is 71.4 Å². The van der Waals surface area contributed by atoms with Crippen molar-refractivity contribution >= 4 is 11.8 Å². The summed E-state index contributed by atoms with van der Waals surface area (Å²) in [4.78, 5) is 30.4. The predicted molar refractivity (Wildman–Crippen MR) is 166 cm³/mol. The summed E-state index contributed by atoms with van der Waals surface area (Å²) in [5.41, 5.74) is 7.04. The molecule has 2 aliphatic rings. The van der Waals surface area contributed by atoms with Crippen molar-refractivity contribution in [2.75, 3.05) is 34.4 Å². The largest absolute Gasteiger partial charge is 0.379 e. The Hall–Kier alpha value is -2.04. The van der Waals surface area contributed by atoms with Gasteiger partial charge >= 0.3 is 0 Å². The van der Waals surface area contributed by atoms with Gasteiger partial charge in [-0.2, -0.15) is 0 Å². The van der Waals surface area contributed by atoms with Crippen molar-refractivity contribution in [3.8, 4) is 0 Å². The number of nitrogens with one attached hydrogen (secondary N) is 1. The number of nitrogens with zero attached hydrogens (tertiary/aromatic N) is 2. The fourth-order valence-electron chi connectivity index (χ4n) is 7.21. The van der Waals surface area contributed by atoms with Crippen LogP contribution in [0.1, 0.15) is 65.9 Å². The summed E-state index contributed by atoms with van der Waals surface area (Å²) >= 11 is 0. The van der Waals surface area contributed by atoms with Crippen LogP contribution in [0.5, 0.6) is 0 Å². The minimum Gasteiger partial charge on any atom is -0.379 e. The minimum atomic E-state index is -0.803. The maximum absolute atomic E-state index is 13.3. The number of hydrogen-bond donors (Lipinski definition) is 3. The van der Waals surface area contributed by atoms with Gasteiger partial charge in [-0.25, -0.2) is 0 Å². The quantitative estimate of drug-likeness (QED) is 0.256. The van der Waals surface area contributed by atoms with Crippen LogP contribution < -0.4 is 11.1 Å². The van der Waals surface area contributed by atoms with Gasteiger partial charge in [0.15, 0.2) is 0 Å². The number of hydrogen-bond acceptors (Lipinski definition) is 7. The fraction of sp³-hybridized carbons (Fsp3) is 0.758. The second-order valence-electron chi connectivity index (χ2n) is 12.9. The fourth-order valence-corrected chi connectivity index (χ4v) is 7.21. The molecule has 1 saturated heterocycles. The molecule has 1 saturated carbocycles. The van der Waals surface area contributed by atoms with Crippen LogP contribution in [0.4, 0.5) is 0 Å². The summed E-state index contributed by atoms with van der Waals surface area (Å²) in [6.07, 6.45) is 2.25. The SMILES string of the molecule is CCC(C)C([C@@H](CC(O)N1CCC2CC21[C@H](OC)C(C)C(=O)NCCc1ccccc1)OC)N(C)C(=O)[C@@H](N)C(C)C. The highest BCUT2D eigenvalue weighted by Gasteiger charge is 2.68. The molecule has 1 aliphatic heterocycles. The molecule has 42 heavy (non-hydrogen) atoms. The lowest BCUT2D eigenvalue weighted by atomic mass is 9.89. The number of piperidine rings is 1. The lowest BCUT2D eigenvalue weighted by Crippen LogP contribution is -2.58. The normalized spacial score (nSPS) is 25.2. The topological polar surface area (TPSA) is 117 Å². The number of likely N-dealkylation sites (N-methyl/N-ethyl adjacent to an activating group) is 1. The summed E-state index contributed by atoms with van der Waals surface area (Å²) in [5, 5.41) is 14.8. The van der Waals surface area contributed by atoms with Gasteiger partial charge in [-0.05, 0) is 42.6 Å². The maximum Gasteiger partial charge on any atom is 0.239 e. The molecule has 1 aliphatic carbocycles. The molecule has 0 spiro atoms. The third kappa shape index (κ3) is 7.36. The molecule has 1 aromatic rings. The van der Waals surface area contributed by atoms with E-state index in [1.807, 2.05) is 39.0 Å². The van der Waals surface area contributed by atoms with Crippen LogP contribution >= 0.6 is 0 Å². The smallest absolute Gasteiger partial charge is 0.239 e. The molecular formula is C33H56N4O5. The van der Waals surface area contributed by atoms with E-state index >= 15 is 0 Å². The van der Waals surface area contributed by atoms with E-state index in [-0.39, 0.29) is 41.7 Å². The Kier molecular flexibility index (Phi) is 12.4. The second kappa shape index (κ2) is 15.1. The van der Waals surface area contributed by atoms with Crippen LogP contribution in [0.25, 0.3) is 0 Å². The average molecular weight is 589 g/mol. The number of benzene rings is 1. The van der Waals surface area contributed by atoms with Crippen molar-refractivity contribution in [1.29, 1.82) is 0 Å². The van der Waals surface area contributed by atoms with Crippen LogP contribution in [0.2, 0.25) is 0 Å². The Labute approximate surface area is 253 Å². The van der Waals surface area contributed by atoms with E-state index in [1.165, 1.54) is 5.56 Å². The Morgan fingerprint density at radius 3 is 2.38 bits per heavy atom. The van der Waals surface area contributed by atoms with Crippen molar-refractivity contribution in [1.82, 2.24) is 15.1 Å². The van der Waals surface area contributed by atoms with E-state index < -0.39 is 23.9 Å². The molecule has 4 N–H and O–H groups in total. The Bertz CT molecular complexity index is 1010. The minimum absolute atomic E-state index is 0.0175. The number of aliphatic hydroxyl groups is 1. The highest BCUT2D eigenvalue weighted by Crippen LogP contribution is 2.60. The number of nitrogens with two attached hydrogens (primary N) is 1. The van der Waals surface area contributed by atoms with Crippen LogP contribution in [0.3, 0.4) is 0 Å². The van der Waals surface area contributed by atoms with Gasteiger partial charge in [-0.15, -0.1) is 0 Å². The monoisotopic (exact) mass is 588 g/mol. The van der Waals surface area contributed by atoms with Gasteiger partial charge < -0.3 is 30.5 Å². The Balaban J connectivity index is 1.72. The first-order valence-electron chi connectivity index (χ1n) is 15.8. The molecule has 0 aromatic heterocycles. The van der Waals surface area contributed by atoms with E-state index in [2.05, 4.69) is 36.2 Å². The lowest BCUT2D eigenvalue weighted by molar-refractivity contribution is -0.145. The van der Waals surface area contributed by atoms with Gasteiger partial charge in [0.25, 0.3) is 0 Å². The molecule has 6 unspecified atom stereocenters. The van der Waals surface area contributed by atoms with Gasteiger partial charge in [0, 0.05) is 40.8 Å². The van der Waals surface area contributed by atoms with E-state index in [4.69, 9.17) is 15.2 Å². The zero-order valence-electron chi connectivity index (χ0n) is 27.1. The first-order valence-corrected chi connectivity index (χ1v) is 15.8.